The van der Waals surface area contributed by atoms with Gasteiger partial charge in [0.05, 0.1) is 11.2 Å². The van der Waals surface area contributed by atoms with Crippen LogP contribution in [0.2, 0.25) is 0 Å². The van der Waals surface area contributed by atoms with Gasteiger partial charge >= 0.3 is 0 Å². The molecule has 0 atom stereocenters. The van der Waals surface area contributed by atoms with Crippen LogP contribution in [0, 0.1) is 0 Å². The van der Waals surface area contributed by atoms with Gasteiger partial charge in [-0.2, -0.15) is 0 Å². The van der Waals surface area contributed by atoms with Crippen molar-refractivity contribution in [2.75, 3.05) is 0 Å². The van der Waals surface area contributed by atoms with Crippen molar-refractivity contribution in [3.63, 3.8) is 0 Å². The first-order valence-corrected chi connectivity index (χ1v) is 18.7. The molecule has 0 bridgehead atoms. The summed E-state index contributed by atoms with van der Waals surface area (Å²) in [5.74, 6) is 1.86. The lowest BCUT2D eigenvalue weighted by molar-refractivity contribution is 1.07. The Labute approximate surface area is 324 Å². The van der Waals surface area contributed by atoms with Crippen LogP contribution in [0.25, 0.3) is 100 Å². The molecular weight excluding hydrogens is 683 g/mol. The Morgan fingerprint density at radius 2 is 0.732 bits per heavy atom. The fraction of sp³-hybridized carbons (Fsp3) is 0. The number of benzene rings is 7. The van der Waals surface area contributed by atoms with Crippen molar-refractivity contribution in [2.24, 2.45) is 0 Å². The number of para-hydroxylation sites is 1. The molecule has 262 valence electrons. The number of rotatable bonds is 7. The number of aromatic nitrogens is 5. The Morgan fingerprint density at radius 1 is 0.268 bits per heavy atom. The van der Waals surface area contributed by atoms with Crippen LogP contribution in [0.4, 0.5) is 0 Å². The van der Waals surface area contributed by atoms with Gasteiger partial charge < -0.3 is 0 Å². The van der Waals surface area contributed by atoms with Crippen LogP contribution in [0.5, 0.6) is 0 Å². The molecule has 56 heavy (non-hydrogen) atoms. The third kappa shape index (κ3) is 6.37. The zero-order chi connectivity index (χ0) is 37.3. The molecule has 0 unspecified atom stereocenters. The van der Waals surface area contributed by atoms with E-state index < -0.39 is 0 Å². The summed E-state index contributed by atoms with van der Waals surface area (Å²) < 4.78 is 0. The highest BCUT2D eigenvalue weighted by Gasteiger charge is 2.16. The first-order valence-electron chi connectivity index (χ1n) is 18.7. The van der Waals surface area contributed by atoms with Crippen LogP contribution in [0.1, 0.15) is 0 Å². The predicted molar refractivity (Wildman–Crippen MR) is 228 cm³/mol. The molecule has 10 rings (SSSR count). The van der Waals surface area contributed by atoms with Crippen molar-refractivity contribution >= 4 is 21.7 Å². The summed E-state index contributed by atoms with van der Waals surface area (Å²) in [7, 11) is 0. The highest BCUT2D eigenvalue weighted by molar-refractivity contribution is 6.10. The van der Waals surface area contributed by atoms with Gasteiger partial charge in [-0.05, 0) is 75.2 Å². The molecule has 0 radical (unpaired) electrons. The summed E-state index contributed by atoms with van der Waals surface area (Å²) in [5, 5.41) is 3.29. The summed E-state index contributed by atoms with van der Waals surface area (Å²) >= 11 is 0. The average molecular weight is 716 g/mol. The minimum Gasteiger partial charge on any atom is -0.264 e. The topological polar surface area (TPSA) is 64.5 Å². The zero-order valence-electron chi connectivity index (χ0n) is 30.3. The van der Waals surface area contributed by atoms with Crippen molar-refractivity contribution in [2.45, 2.75) is 0 Å². The fourth-order valence-electron chi connectivity index (χ4n) is 7.37. The zero-order valence-corrected chi connectivity index (χ0v) is 30.3. The second-order valence-electron chi connectivity index (χ2n) is 13.8. The van der Waals surface area contributed by atoms with Crippen LogP contribution in [0.3, 0.4) is 0 Å². The molecule has 3 heterocycles. The van der Waals surface area contributed by atoms with E-state index in [2.05, 4.69) is 120 Å². The molecule has 10 aromatic rings. The van der Waals surface area contributed by atoms with Crippen molar-refractivity contribution < 1.29 is 0 Å². The lowest BCUT2D eigenvalue weighted by atomic mass is 9.93. The van der Waals surface area contributed by atoms with E-state index in [9.17, 15) is 0 Å². The quantitative estimate of drug-likeness (QED) is 0.154. The van der Waals surface area contributed by atoms with Gasteiger partial charge in [0.15, 0.2) is 17.5 Å². The molecule has 0 aliphatic rings. The smallest absolute Gasteiger partial charge is 0.164 e. The van der Waals surface area contributed by atoms with E-state index in [1.807, 2.05) is 85.2 Å². The maximum absolute atomic E-state index is 5.12. The number of hydrogen-bond acceptors (Lipinski definition) is 5. The Bertz CT molecular complexity index is 2940. The van der Waals surface area contributed by atoms with E-state index in [-0.39, 0.29) is 0 Å². The number of fused-ring (bicyclic) bond motifs is 3. The number of hydrogen-bond donors (Lipinski definition) is 0. The van der Waals surface area contributed by atoms with Crippen LogP contribution in [-0.4, -0.2) is 24.9 Å². The van der Waals surface area contributed by atoms with Gasteiger partial charge in [-0.3, -0.25) is 4.98 Å². The molecule has 0 saturated carbocycles. The van der Waals surface area contributed by atoms with Gasteiger partial charge in [-0.1, -0.05) is 152 Å². The summed E-state index contributed by atoms with van der Waals surface area (Å²) in [5.41, 5.74) is 12.3. The average Bonchev–Trinajstić information content (AvgIpc) is 3.29. The Balaban J connectivity index is 1.14. The van der Waals surface area contributed by atoms with Gasteiger partial charge in [0.1, 0.15) is 0 Å². The molecule has 0 amide bonds. The third-order valence-electron chi connectivity index (χ3n) is 10.2. The van der Waals surface area contributed by atoms with Crippen molar-refractivity contribution in [1.29, 1.82) is 0 Å². The summed E-state index contributed by atoms with van der Waals surface area (Å²) in [6.45, 7) is 0. The molecule has 0 saturated heterocycles. The van der Waals surface area contributed by atoms with Gasteiger partial charge in [-0.25, -0.2) is 19.9 Å². The maximum atomic E-state index is 5.12. The van der Waals surface area contributed by atoms with E-state index in [0.29, 0.717) is 17.5 Å². The van der Waals surface area contributed by atoms with Gasteiger partial charge in [0.2, 0.25) is 0 Å². The lowest BCUT2D eigenvalue weighted by Gasteiger charge is -2.14. The lowest BCUT2D eigenvalue weighted by Crippen LogP contribution is -2.00. The van der Waals surface area contributed by atoms with Crippen molar-refractivity contribution in [3.05, 3.63) is 200 Å². The standard InChI is InChI=1S/C51H33N5/c1-4-13-34(14-5-1)39-19-12-20-40(29-39)42-30-41(35-23-25-36(26-24-35)48-46-33-52-28-27-44(46)45-21-10-11-22-47(45)53-48)31-43(32-42)51-55-49(37-15-6-2-7-16-37)54-50(56-51)38-17-8-3-9-18-38/h1-33H. The van der Waals surface area contributed by atoms with Crippen molar-refractivity contribution in [3.8, 4) is 78.8 Å². The molecule has 7 aromatic carbocycles. The first-order chi connectivity index (χ1) is 27.7. The second-order valence-corrected chi connectivity index (χ2v) is 13.8. The SMILES string of the molecule is c1ccc(-c2cccc(-c3cc(-c4ccc(-c5nc6ccccc6c6ccncc56)cc4)cc(-c4nc(-c5ccccc5)nc(-c5ccccc5)n4)c3)c2)cc1. The molecule has 3 aromatic heterocycles. The third-order valence-corrected chi connectivity index (χ3v) is 10.2. The Kier molecular flexibility index (Phi) is 8.43. The maximum Gasteiger partial charge on any atom is 0.164 e. The van der Waals surface area contributed by atoms with E-state index in [1.165, 1.54) is 5.56 Å². The van der Waals surface area contributed by atoms with E-state index in [4.69, 9.17) is 19.9 Å². The summed E-state index contributed by atoms with van der Waals surface area (Å²) in [6.07, 6.45) is 3.76. The normalized spacial score (nSPS) is 11.2. The van der Waals surface area contributed by atoms with Gasteiger partial charge in [-0.15, -0.1) is 0 Å². The molecule has 0 spiro atoms. The fourth-order valence-corrected chi connectivity index (χ4v) is 7.37. The molecular formula is C51H33N5. The van der Waals surface area contributed by atoms with E-state index >= 15 is 0 Å². The summed E-state index contributed by atoms with van der Waals surface area (Å²) in [6, 6.07) is 65.1. The van der Waals surface area contributed by atoms with Gasteiger partial charge in [0.25, 0.3) is 0 Å². The minimum atomic E-state index is 0.607. The summed E-state index contributed by atoms with van der Waals surface area (Å²) in [4.78, 5) is 24.8. The molecule has 5 nitrogen and oxygen atoms in total. The molecule has 5 heteroatoms. The molecule has 0 N–H and O–H groups in total. The van der Waals surface area contributed by atoms with Crippen LogP contribution in [0.15, 0.2) is 200 Å². The molecule has 0 aliphatic carbocycles. The first kappa shape index (κ1) is 33.0. The Morgan fingerprint density at radius 3 is 1.39 bits per heavy atom. The minimum absolute atomic E-state index is 0.607. The number of pyridine rings is 2. The molecule has 0 aliphatic heterocycles. The largest absolute Gasteiger partial charge is 0.264 e. The second kappa shape index (κ2) is 14.3. The predicted octanol–water partition coefficient (Wildman–Crippen LogP) is 12.6. The highest BCUT2D eigenvalue weighted by atomic mass is 15.0. The van der Waals surface area contributed by atoms with Crippen LogP contribution >= 0.6 is 0 Å². The Hall–Kier alpha value is -7.63. The highest BCUT2D eigenvalue weighted by Crippen LogP contribution is 2.37. The van der Waals surface area contributed by atoms with E-state index in [1.54, 1.807) is 0 Å². The van der Waals surface area contributed by atoms with Crippen LogP contribution in [-0.2, 0) is 0 Å². The van der Waals surface area contributed by atoms with Crippen molar-refractivity contribution in [1.82, 2.24) is 24.9 Å². The van der Waals surface area contributed by atoms with E-state index in [0.717, 1.165) is 77.4 Å². The monoisotopic (exact) mass is 715 g/mol. The van der Waals surface area contributed by atoms with Gasteiger partial charge in [0, 0.05) is 45.4 Å². The molecule has 0 fully saturated rings. The van der Waals surface area contributed by atoms with Crippen LogP contribution < -0.4 is 0 Å². The number of nitrogens with zero attached hydrogens (tertiary/aromatic N) is 5.